The lowest BCUT2D eigenvalue weighted by Gasteiger charge is -2.27. The van der Waals surface area contributed by atoms with Gasteiger partial charge in [-0.1, -0.05) is 13.0 Å². The smallest absolute Gasteiger partial charge is 0.319 e. The highest BCUT2D eigenvalue weighted by atomic mass is 16.5. The molecular weight excluding hydrogens is 578 g/mol. The van der Waals surface area contributed by atoms with Gasteiger partial charge in [0, 0.05) is 54.9 Å². The molecule has 5 heterocycles. The lowest BCUT2D eigenvalue weighted by atomic mass is 10.0. The second-order valence-corrected chi connectivity index (χ2v) is 13.6. The van der Waals surface area contributed by atoms with E-state index in [-0.39, 0.29) is 11.9 Å². The van der Waals surface area contributed by atoms with E-state index in [2.05, 4.69) is 55.9 Å². The molecule has 0 spiro atoms. The fraction of sp³-hybridized carbons (Fsp3) is 0.389. The molecule has 2 bridgehead atoms. The van der Waals surface area contributed by atoms with Gasteiger partial charge in [-0.3, -0.25) is 4.79 Å². The first-order valence-electron chi connectivity index (χ1n) is 16.4. The number of hydrogen-bond donors (Lipinski definition) is 2. The first kappa shape index (κ1) is 27.5. The molecule has 0 radical (unpaired) electrons. The lowest BCUT2D eigenvalue weighted by Crippen LogP contribution is -2.38. The van der Waals surface area contributed by atoms with E-state index in [4.69, 9.17) is 14.7 Å². The molecule has 2 aliphatic heterocycles. The van der Waals surface area contributed by atoms with E-state index in [1.165, 1.54) is 19.3 Å². The number of methoxy groups -OCH3 is 1. The third-order valence-corrected chi connectivity index (χ3v) is 10.9. The Morgan fingerprint density at radius 1 is 1.04 bits per heavy atom. The van der Waals surface area contributed by atoms with Crippen molar-refractivity contribution in [3.8, 4) is 28.5 Å². The number of nitrogens with zero attached hydrogens (tertiary/aromatic N) is 5. The van der Waals surface area contributed by atoms with Crippen molar-refractivity contribution in [3.05, 3.63) is 59.7 Å². The number of pyridine rings is 1. The zero-order chi connectivity index (χ0) is 31.3. The molecule has 10 heteroatoms. The Kier molecular flexibility index (Phi) is 6.01. The minimum absolute atomic E-state index is 0.0753. The summed E-state index contributed by atoms with van der Waals surface area (Å²) < 4.78 is 10.3. The van der Waals surface area contributed by atoms with Gasteiger partial charge in [-0.25, -0.2) is 14.8 Å². The van der Waals surface area contributed by atoms with Gasteiger partial charge in [0.05, 0.1) is 24.0 Å². The van der Waals surface area contributed by atoms with Gasteiger partial charge in [-0.15, -0.1) is 0 Å². The Balaban J connectivity index is 1.13. The summed E-state index contributed by atoms with van der Waals surface area (Å²) >= 11 is 0. The summed E-state index contributed by atoms with van der Waals surface area (Å²) in [5.41, 5.74) is 7.95. The summed E-state index contributed by atoms with van der Waals surface area (Å²) in [4.78, 5) is 38.0. The van der Waals surface area contributed by atoms with E-state index in [9.17, 15) is 9.59 Å². The Labute approximate surface area is 266 Å². The van der Waals surface area contributed by atoms with Crippen LogP contribution in [0, 0.1) is 17.8 Å². The molecule has 3 fully saturated rings. The molecule has 5 aromatic rings. The number of ether oxygens (including phenoxy) is 1. The van der Waals surface area contributed by atoms with E-state index in [1.54, 1.807) is 7.11 Å². The summed E-state index contributed by atoms with van der Waals surface area (Å²) in [5, 5.41) is 6.77. The number of rotatable bonds is 6. The third kappa shape index (κ3) is 4.22. The predicted molar refractivity (Wildman–Crippen MR) is 177 cm³/mol. The minimum atomic E-state index is -0.180. The number of carbonyl (C=O) groups is 2. The Morgan fingerprint density at radius 3 is 2.67 bits per heavy atom. The molecule has 2 aromatic carbocycles. The Bertz CT molecular complexity index is 2090. The average Bonchev–Trinajstić information content (AvgIpc) is 3.47. The van der Waals surface area contributed by atoms with Gasteiger partial charge in [-0.2, -0.15) is 0 Å². The zero-order valence-corrected chi connectivity index (χ0v) is 26.3. The van der Waals surface area contributed by atoms with Crippen molar-refractivity contribution in [2.45, 2.75) is 51.7 Å². The summed E-state index contributed by atoms with van der Waals surface area (Å²) in [6, 6.07) is 16.4. The Morgan fingerprint density at radius 2 is 1.91 bits per heavy atom. The predicted octanol–water partition coefficient (Wildman–Crippen LogP) is 6.18. The minimum Gasteiger partial charge on any atom is -0.494 e. The number of aryl methyl sites for hydroxylation is 1. The number of piperidine rings is 1. The molecule has 1 saturated heterocycles. The number of urea groups is 1. The third-order valence-electron chi connectivity index (χ3n) is 10.9. The highest BCUT2D eigenvalue weighted by Crippen LogP contribution is 2.44. The number of carbonyl (C=O) groups excluding carboxylic acids is 2. The highest BCUT2D eigenvalue weighted by Gasteiger charge is 2.46. The lowest BCUT2D eigenvalue weighted by molar-refractivity contribution is 0.0696. The van der Waals surface area contributed by atoms with Crippen molar-refractivity contribution in [1.29, 1.82) is 0 Å². The van der Waals surface area contributed by atoms with Gasteiger partial charge in [0.15, 0.2) is 5.82 Å². The normalized spacial score (nSPS) is 21.9. The molecule has 3 aromatic heterocycles. The van der Waals surface area contributed by atoms with Gasteiger partial charge in [0.25, 0.3) is 5.91 Å². The van der Waals surface area contributed by atoms with Crippen LogP contribution >= 0.6 is 0 Å². The van der Waals surface area contributed by atoms with Crippen molar-refractivity contribution in [1.82, 2.24) is 29.3 Å². The van der Waals surface area contributed by atoms with E-state index in [0.29, 0.717) is 41.7 Å². The number of amides is 3. The maximum atomic E-state index is 13.8. The summed E-state index contributed by atoms with van der Waals surface area (Å²) in [6.45, 7) is 4.48. The molecule has 10 nitrogen and oxygen atoms in total. The number of hydrogen-bond acceptors (Lipinski definition) is 5. The van der Waals surface area contributed by atoms with Crippen LogP contribution < -0.4 is 15.4 Å². The fourth-order valence-corrected chi connectivity index (χ4v) is 8.11. The molecule has 2 N–H and O–H groups in total. The fourth-order valence-electron chi connectivity index (χ4n) is 8.11. The van der Waals surface area contributed by atoms with E-state index < -0.39 is 0 Å². The first-order valence-corrected chi connectivity index (χ1v) is 16.4. The monoisotopic (exact) mass is 615 g/mol. The van der Waals surface area contributed by atoms with Crippen LogP contribution in [0.4, 0.5) is 10.5 Å². The van der Waals surface area contributed by atoms with Crippen molar-refractivity contribution >= 4 is 39.7 Å². The molecular formula is C36H37N7O3. The summed E-state index contributed by atoms with van der Waals surface area (Å²) in [7, 11) is 3.68. The van der Waals surface area contributed by atoms with Gasteiger partial charge in [0.2, 0.25) is 0 Å². The summed E-state index contributed by atoms with van der Waals surface area (Å²) in [6.07, 6.45) is 4.73. The second kappa shape index (κ2) is 10.1. The van der Waals surface area contributed by atoms with Crippen LogP contribution in [-0.2, 0) is 20.1 Å². The quantitative estimate of drug-likeness (QED) is 0.237. The molecule has 3 atom stereocenters. The average molecular weight is 616 g/mol. The number of imidazole rings is 1. The summed E-state index contributed by atoms with van der Waals surface area (Å²) in [5.74, 6) is 3.34. The standard InChI is InChI=1S/C36H37N7O3/c1-19-23-8-11-29(19)43(18-23)35(44)24-13-28-32(31(15-24)46-3)41(2)34(39-28)30-14-22-7-10-26(38-33(22)42(30)17-20-4-5-20)21-6-9-27-25(12-21)16-37-36(45)40-27/h6-7,9-10,12-15,19-20,23,29H,4-5,8,11,16-18H2,1-3H3,(H2,37,40,45)/t19-,23?,29?/m1/s1. The van der Waals surface area contributed by atoms with Crippen LogP contribution in [0.25, 0.3) is 44.8 Å². The van der Waals surface area contributed by atoms with Crippen molar-refractivity contribution in [2.75, 3.05) is 19.0 Å². The van der Waals surface area contributed by atoms with Gasteiger partial charge in [-0.05, 0) is 91.5 Å². The van der Waals surface area contributed by atoms with Crippen molar-refractivity contribution < 1.29 is 14.3 Å². The maximum absolute atomic E-state index is 13.8. The van der Waals surface area contributed by atoms with Gasteiger partial charge < -0.3 is 29.4 Å². The van der Waals surface area contributed by atoms with E-state index in [0.717, 1.165) is 75.6 Å². The molecule has 234 valence electrons. The molecule has 4 aliphatic rings. The molecule has 3 amide bonds. The van der Waals surface area contributed by atoms with Gasteiger partial charge in [0.1, 0.15) is 16.9 Å². The largest absolute Gasteiger partial charge is 0.494 e. The van der Waals surface area contributed by atoms with Crippen LogP contribution in [0.2, 0.25) is 0 Å². The molecule has 2 saturated carbocycles. The van der Waals surface area contributed by atoms with E-state index >= 15 is 0 Å². The SMILES string of the molecule is COc1cc(C(=O)N2CC3CCC2[C@@H]3C)cc2nc(-c3cc4ccc(-c5ccc6c(c5)CNC(=O)N6)nc4n3CC3CC3)n(C)c12. The van der Waals surface area contributed by atoms with Gasteiger partial charge >= 0.3 is 6.03 Å². The maximum Gasteiger partial charge on any atom is 0.319 e. The van der Waals surface area contributed by atoms with Crippen LogP contribution in [0.15, 0.2) is 48.5 Å². The van der Waals surface area contributed by atoms with Crippen LogP contribution in [0.1, 0.15) is 48.5 Å². The number of anilines is 1. The second-order valence-electron chi connectivity index (χ2n) is 13.6. The number of aromatic nitrogens is 4. The number of fused-ring (bicyclic) bond motifs is 5. The van der Waals surface area contributed by atoms with Crippen LogP contribution in [-0.4, -0.2) is 55.6 Å². The number of likely N-dealkylation sites (tertiary alicyclic amines) is 1. The molecule has 46 heavy (non-hydrogen) atoms. The zero-order valence-electron chi connectivity index (χ0n) is 26.3. The van der Waals surface area contributed by atoms with Crippen LogP contribution in [0.3, 0.4) is 0 Å². The molecule has 2 unspecified atom stereocenters. The topological polar surface area (TPSA) is 106 Å². The van der Waals surface area contributed by atoms with E-state index in [1.807, 2.05) is 31.3 Å². The molecule has 9 rings (SSSR count). The number of nitrogens with one attached hydrogen (secondary N) is 2. The van der Waals surface area contributed by atoms with Crippen LogP contribution in [0.5, 0.6) is 5.75 Å². The van der Waals surface area contributed by atoms with Crippen molar-refractivity contribution in [3.63, 3.8) is 0 Å². The van der Waals surface area contributed by atoms with Crippen molar-refractivity contribution in [2.24, 2.45) is 24.8 Å². The first-order chi connectivity index (χ1) is 22.4. The Hall–Kier alpha value is -4.86. The highest BCUT2D eigenvalue weighted by molar-refractivity contribution is 6.00. The molecule has 2 aliphatic carbocycles. The number of benzene rings is 2.